The Labute approximate surface area is 106 Å². The number of aromatic nitrogens is 1. The van der Waals surface area contributed by atoms with Gasteiger partial charge in [0, 0.05) is 29.6 Å². The summed E-state index contributed by atoms with van der Waals surface area (Å²) in [4.78, 5) is 10.7. The van der Waals surface area contributed by atoms with Gasteiger partial charge in [-0.3, -0.25) is 4.79 Å². The molecule has 0 aliphatic heterocycles. The van der Waals surface area contributed by atoms with E-state index in [0.717, 1.165) is 5.56 Å². The maximum atomic E-state index is 10.7. The quantitative estimate of drug-likeness (QED) is 0.894. The molecule has 1 aromatic heterocycles. The molecule has 94 valence electrons. The van der Waals surface area contributed by atoms with Gasteiger partial charge in [-0.15, -0.1) is 0 Å². The van der Waals surface area contributed by atoms with E-state index in [2.05, 4.69) is 22.9 Å². The summed E-state index contributed by atoms with van der Waals surface area (Å²) < 4.78 is 2.35. The Morgan fingerprint density at radius 2 is 2.17 bits per heavy atom. The molecule has 0 radical (unpaired) electrons. The predicted molar refractivity (Wildman–Crippen MR) is 70.8 cm³/mol. The molecule has 3 heteroatoms. The summed E-state index contributed by atoms with van der Waals surface area (Å²) in [5.74, 6) is -0.731. The van der Waals surface area contributed by atoms with E-state index in [9.17, 15) is 4.79 Å². The van der Waals surface area contributed by atoms with Gasteiger partial charge in [0.1, 0.15) is 0 Å². The molecule has 1 fully saturated rings. The average Bonchev–Trinajstić information content (AvgIpc) is 2.69. The number of fused-ring (bicyclic) bond motifs is 1. The third-order valence-corrected chi connectivity index (χ3v) is 3.93. The fraction of sp³-hybridized carbons (Fsp3) is 0.400. The zero-order valence-electron chi connectivity index (χ0n) is 10.3. The molecule has 0 spiro atoms. The van der Waals surface area contributed by atoms with Gasteiger partial charge in [0.05, 0.1) is 0 Å². The van der Waals surface area contributed by atoms with Crippen LogP contribution in [0.3, 0.4) is 0 Å². The van der Waals surface area contributed by atoms with Crippen LogP contribution in [0.4, 0.5) is 0 Å². The molecule has 3 nitrogen and oxygen atoms in total. The Morgan fingerprint density at radius 1 is 1.33 bits per heavy atom. The van der Waals surface area contributed by atoms with Crippen LogP contribution in [0.5, 0.6) is 0 Å². The maximum Gasteiger partial charge on any atom is 0.303 e. The van der Waals surface area contributed by atoms with Gasteiger partial charge in [0.25, 0.3) is 0 Å². The maximum absolute atomic E-state index is 10.7. The van der Waals surface area contributed by atoms with E-state index >= 15 is 0 Å². The monoisotopic (exact) mass is 243 g/mol. The zero-order valence-corrected chi connectivity index (χ0v) is 10.3. The number of carbonyl (C=O) groups is 1. The molecule has 0 saturated heterocycles. The topological polar surface area (TPSA) is 42.2 Å². The second kappa shape index (κ2) is 4.48. The minimum absolute atomic E-state index is 0.202. The van der Waals surface area contributed by atoms with Crippen molar-refractivity contribution in [3.63, 3.8) is 0 Å². The van der Waals surface area contributed by atoms with E-state index in [4.69, 9.17) is 5.11 Å². The number of aryl methyl sites for hydroxylation is 1. The third kappa shape index (κ3) is 1.90. The Hall–Kier alpha value is -1.77. The van der Waals surface area contributed by atoms with Crippen LogP contribution in [0.1, 0.15) is 37.3 Å². The van der Waals surface area contributed by atoms with E-state index in [0.29, 0.717) is 12.5 Å². The lowest BCUT2D eigenvalue weighted by Crippen LogP contribution is -2.15. The van der Waals surface area contributed by atoms with E-state index in [1.54, 1.807) is 0 Å². The molecule has 1 aliphatic rings. The normalized spacial score (nSPS) is 15.8. The van der Waals surface area contributed by atoms with Gasteiger partial charge in [0.2, 0.25) is 0 Å². The molecular formula is C15H17NO2. The van der Waals surface area contributed by atoms with E-state index < -0.39 is 5.97 Å². The average molecular weight is 243 g/mol. The zero-order chi connectivity index (χ0) is 12.5. The minimum atomic E-state index is -0.731. The van der Waals surface area contributed by atoms with Crippen molar-refractivity contribution >= 4 is 16.9 Å². The van der Waals surface area contributed by atoms with Crippen molar-refractivity contribution in [3.05, 3.63) is 36.0 Å². The van der Waals surface area contributed by atoms with Crippen molar-refractivity contribution in [1.82, 2.24) is 4.57 Å². The number of benzene rings is 1. The number of hydrogen-bond donors (Lipinski definition) is 1. The van der Waals surface area contributed by atoms with Crippen LogP contribution in [-0.4, -0.2) is 15.6 Å². The van der Waals surface area contributed by atoms with Crippen molar-refractivity contribution in [2.45, 2.75) is 38.1 Å². The van der Waals surface area contributed by atoms with Crippen LogP contribution in [0.2, 0.25) is 0 Å². The van der Waals surface area contributed by atoms with Crippen LogP contribution < -0.4 is 0 Å². The van der Waals surface area contributed by atoms with Gasteiger partial charge in [-0.05, 0) is 43.4 Å². The molecule has 0 bridgehead atoms. The number of rotatable bonds is 4. The fourth-order valence-electron chi connectivity index (χ4n) is 2.70. The van der Waals surface area contributed by atoms with Gasteiger partial charge >= 0.3 is 5.97 Å². The largest absolute Gasteiger partial charge is 0.481 e. The lowest BCUT2D eigenvalue weighted by Gasteiger charge is -2.28. The number of nitrogens with zero attached hydrogens (tertiary/aromatic N) is 1. The highest BCUT2D eigenvalue weighted by molar-refractivity contribution is 5.84. The Balaban J connectivity index is 1.95. The minimum Gasteiger partial charge on any atom is -0.481 e. The fourth-order valence-corrected chi connectivity index (χ4v) is 2.70. The first-order chi connectivity index (χ1) is 8.75. The third-order valence-electron chi connectivity index (χ3n) is 3.93. The molecule has 1 N–H and O–H groups in total. The van der Waals surface area contributed by atoms with Crippen LogP contribution in [-0.2, 0) is 11.2 Å². The van der Waals surface area contributed by atoms with Gasteiger partial charge in [0.15, 0.2) is 0 Å². The van der Waals surface area contributed by atoms with Crippen molar-refractivity contribution in [3.8, 4) is 0 Å². The van der Waals surface area contributed by atoms with E-state index in [1.807, 2.05) is 12.1 Å². The summed E-state index contributed by atoms with van der Waals surface area (Å²) >= 11 is 0. The van der Waals surface area contributed by atoms with Crippen molar-refractivity contribution in [1.29, 1.82) is 0 Å². The number of carboxylic acids is 1. The Bertz CT molecular complexity index is 581. The van der Waals surface area contributed by atoms with E-state index in [1.165, 1.54) is 30.2 Å². The summed E-state index contributed by atoms with van der Waals surface area (Å²) in [6.07, 6.45) is 6.82. The van der Waals surface area contributed by atoms with Crippen LogP contribution in [0, 0.1) is 0 Å². The first-order valence-corrected chi connectivity index (χ1v) is 6.56. The SMILES string of the molecule is O=C(O)CCc1cccc2c1ccn2C1CCC1. The summed E-state index contributed by atoms with van der Waals surface area (Å²) in [5.41, 5.74) is 2.40. The van der Waals surface area contributed by atoms with Crippen LogP contribution >= 0.6 is 0 Å². The van der Waals surface area contributed by atoms with E-state index in [-0.39, 0.29) is 6.42 Å². The molecule has 3 rings (SSSR count). The first kappa shape index (κ1) is 11.3. The van der Waals surface area contributed by atoms with Gasteiger partial charge < -0.3 is 9.67 Å². The second-order valence-corrected chi connectivity index (χ2v) is 5.05. The second-order valence-electron chi connectivity index (χ2n) is 5.05. The molecule has 1 aromatic carbocycles. The lowest BCUT2D eigenvalue weighted by molar-refractivity contribution is -0.136. The Kier molecular flexibility index (Phi) is 2.82. The molecule has 0 unspecified atom stereocenters. The van der Waals surface area contributed by atoms with Crippen LogP contribution in [0.15, 0.2) is 30.5 Å². The highest BCUT2D eigenvalue weighted by Crippen LogP contribution is 2.35. The summed E-state index contributed by atoms with van der Waals surface area (Å²) in [6.45, 7) is 0. The summed E-state index contributed by atoms with van der Waals surface area (Å²) in [5, 5.41) is 10.00. The molecule has 0 amide bonds. The Morgan fingerprint density at radius 3 is 2.83 bits per heavy atom. The van der Waals surface area contributed by atoms with Gasteiger partial charge in [-0.1, -0.05) is 12.1 Å². The molecule has 1 aliphatic carbocycles. The standard InChI is InChI=1S/C15H17NO2/c17-15(18)8-7-11-3-1-6-14-13(11)9-10-16(14)12-4-2-5-12/h1,3,6,9-10,12H,2,4-5,7-8H2,(H,17,18). The summed E-state index contributed by atoms with van der Waals surface area (Å²) in [7, 11) is 0. The first-order valence-electron chi connectivity index (χ1n) is 6.56. The molecule has 18 heavy (non-hydrogen) atoms. The summed E-state index contributed by atoms with van der Waals surface area (Å²) in [6, 6.07) is 8.99. The van der Waals surface area contributed by atoms with Crippen LogP contribution in [0.25, 0.3) is 10.9 Å². The van der Waals surface area contributed by atoms with Crippen molar-refractivity contribution < 1.29 is 9.90 Å². The smallest absolute Gasteiger partial charge is 0.303 e. The molecule has 1 saturated carbocycles. The number of carboxylic acid groups (broad SMARTS) is 1. The van der Waals surface area contributed by atoms with Gasteiger partial charge in [-0.25, -0.2) is 0 Å². The molecule has 0 atom stereocenters. The highest BCUT2D eigenvalue weighted by atomic mass is 16.4. The lowest BCUT2D eigenvalue weighted by atomic mass is 9.93. The highest BCUT2D eigenvalue weighted by Gasteiger charge is 2.20. The molecule has 2 aromatic rings. The molecular weight excluding hydrogens is 226 g/mol. The predicted octanol–water partition coefficient (Wildman–Crippen LogP) is 3.38. The van der Waals surface area contributed by atoms with Crippen molar-refractivity contribution in [2.75, 3.05) is 0 Å². The molecule has 1 heterocycles. The number of aliphatic carboxylic acids is 1. The van der Waals surface area contributed by atoms with Gasteiger partial charge in [-0.2, -0.15) is 0 Å². The number of hydrogen-bond acceptors (Lipinski definition) is 1. The van der Waals surface area contributed by atoms with Crippen molar-refractivity contribution in [2.24, 2.45) is 0 Å².